The Labute approximate surface area is 307 Å². The molecule has 2 aromatic rings. The van der Waals surface area contributed by atoms with Crippen molar-refractivity contribution in [1.29, 1.82) is 0 Å². The molecule has 3 aliphatic rings. The van der Waals surface area contributed by atoms with Crippen LogP contribution in [0, 0.1) is 0 Å². The van der Waals surface area contributed by atoms with Crippen molar-refractivity contribution < 1.29 is 24.2 Å². The zero-order valence-corrected chi connectivity index (χ0v) is 31.1. The molecule has 5 N–H and O–H groups in total. The monoisotopic (exact) mass is 713 g/mol. The van der Waals surface area contributed by atoms with Crippen LogP contribution in [0.1, 0.15) is 63.9 Å². The summed E-state index contributed by atoms with van der Waals surface area (Å²) in [6.45, 7) is 7.04. The molecule has 5 rings (SSSR count). The van der Waals surface area contributed by atoms with Crippen LogP contribution in [0.5, 0.6) is 5.75 Å². The number of unbranched alkanes of at least 4 members (excludes halogenated alkanes) is 3. The average Bonchev–Trinajstić information content (AvgIpc) is 3.28. The van der Waals surface area contributed by atoms with E-state index in [4.69, 9.17) is 4.74 Å². The molecule has 1 fully saturated rings. The molecule has 0 spiro atoms. The fourth-order valence-electron chi connectivity index (χ4n) is 6.69. The van der Waals surface area contributed by atoms with Gasteiger partial charge in [-0.15, -0.1) is 0 Å². The van der Waals surface area contributed by atoms with Crippen molar-refractivity contribution in [3.8, 4) is 5.75 Å². The average molecular weight is 714 g/mol. The number of anilines is 1. The van der Waals surface area contributed by atoms with E-state index in [0.717, 1.165) is 99.6 Å². The Hall–Kier alpha value is -4.65. The van der Waals surface area contributed by atoms with E-state index < -0.39 is 12.1 Å². The Balaban J connectivity index is 1.13. The van der Waals surface area contributed by atoms with Crippen LogP contribution < -0.4 is 30.9 Å². The van der Waals surface area contributed by atoms with Crippen LogP contribution in [0.2, 0.25) is 0 Å². The lowest BCUT2D eigenvalue weighted by Crippen LogP contribution is -2.40. The smallest absolute Gasteiger partial charge is 0.336 e. The lowest BCUT2D eigenvalue weighted by molar-refractivity contribution is -0.131. The van der Waals surface area contributed by atoms with Crippen molar-refractivity contribution in [1.82, 2.24) is 31.1 Å². The molecule has 0 radical (unpaired) electrons. The minimum atomic E-state index is -1.10. The minimum absolute atomic E-state index is 0.0646. The molecule has 1 aliphatic carbocycles. The van der Waals surface area contributed by atoms with E-state index in [0.29, 0.717) is 36.4 Å². The number of hydrogen-bond donors (Lipinski definition) is 5. The van der Waals surface area contributed by atoms with Crippen molar-refractivity contribution in [3.63, 3.8) is 0 Å². The number of ether oxygens (including phenoxy) is 1. The zero-order valence-electron chi connectivity index (χ0n) is 31.1. The first kappa shape index (κ1) is 38.6. The van der Waals surface area contributed by atoms with Crippen LogP contribution >= 0.6 is 0 Å². The van der Waals surface area contributed by atoms with Crippen LogP contribution in [0.25, 0.3) is 5.57 Å². The molecule has 2 amide bonds. The number of likely N-dealkylation sites (N-methyl/N-ethyl adjacent to an activating group) is 1. The maximum absolute atomic E-state index is 13.2. The predicted molar refractivity (Wildman–Crippen MR) is 206 cm³/mol. The molecule has 0 saturated carbocycles. The highest BCUT2D eigenvalue weighted by atomic mass is 16.5. The fourth-order valence-corrected chi connectivity index (χ4v) is 6.69. The first-order chi connectivity index (χ1) is 25.1. The summed E-state index contributed by atoms with van der Waals surface area (Å²) in [7, 11) is 7.88. The van der Waals surface area contributed by atoms with Gasteiger partial charge in [0.2, 0.25) is 5.91 Å². The van der Waals surface area contributed by atoms with Gasteiger partial charge < -0.3 is 45.8 Å². The van der Waals surface area contributed by atoms with Crippen molar-refractivity contribution in [3.05, 3.63) is 88.2 Å². The number of carboxylic acids is 1. The number of allylic oxidation sites excluding steroid dienone is 1. The number of nitrogens with one attached hydrogen (secondary N) is 4. The van der Waals surface area contributed by atoms with Gasteiger partial charge in [0, 0.05) is 127 Å². The number of hydrogen-bond acceptors (Lipinski definition) is 9. The Kier molecular flexibility index (Phi) is 13.9. The third-order valence-corrected chi connectivity index (χ3v) is 9.68. The summed E-state index contributed by atoms with van der Waals surface area (Å²) in [5.74, 6) is -0.530. The van der Waals surface area contributed by atoms with Crippen LogP contribution in [0.3, 0.4) is 0 Å². The standard InChI is InChI=1S/C40H55N7O5/c1-45(2)29-10-13-32-35(26-29)52-36-27-30(46(3)4)11-14-33(36)38(32)31-12-9-28(25-34(31)40(50)51)39(49)44-17-8-6-5-7-16-41-18-15-37(48)47-23-21-42-19-20-43-22-24-47/h9-14,25-27,35,41-43H,5-8,15-24H2,1-4H3,(H,44,49)(H,50,51). The van der Waals surface area contributed by atoms with Crippen LogP contribution in [0.4, 0.5) is 5.69 Å². The molecular formula is C40H55N7O5. The summed E-state index contributed by atoms with van der Waals surface area (Å²) in [6, 6.07) is 10.9. The summed E-state index contributed by atoms with van der Waals surface area (Å²) in [5.41, 5.74) is 5.34. The van der Waals surface area contributed by atoms with Crippen molar-refractivity contribution >= 4 is 29.0 Å². The van der Waals surface area contributed by atoms with E-state index >= 15 is 0 Å². The van der Waals surface area contributed by atoms with Gasteiger partial charge in [-0.1, -0.05) is 25.0 Å². The van der Waals surface area contributed by atoms with Gasteiger partial charge in [-0.05, 0) is 61.4 Å². The Morgan fingerprint density at radius 1 is 0.846 bits per heavy atom. The number of carbonyl (C=O) groups excluding carboxylic acids is 2. The Bertz CT molecular complexity index is 1670. The van der Waals surface area contributed by atoms with Gasteiger partial charge in [0.15, 0.2) is 0 Å². The maximum atomic E-state index is 13.2. The second kappa shape index (κ2) is 18.7. The molecule has 52 heavy (non-hydrogen) atoms. The Morgan fingerprint density at radius 3 is 2.25 bits per heavy atom. The first-order valence-corrected chi connectivity index (χ1v) is 18.5. The molecule has 12 nitrogen and oxygen atoms in total. The van der Waals surface area contributed by atoms with E-state index in [9.17, 15) is 19.5 Å². The highest BCUT2D eigenvalue weighted by Gasteiger charge is 2.32. The van der Waals surface area contributed by atoms with Gasteiger partial charge in [0.25, 0.3) is 5.91 Å². The van der Waals surface area contributed by atoms with E-state index in [2.05, 4.69) is 21.3 Å². The summed E-state index contributed by atoms with van der Waals surface area (Å²) in [4.78, 5) is 44.4. The molecular weight excluding hydrogens is 658 g/mol. The third-order valence-electron chi connectivity index (χ3n) is 9.68. The van der Waals surface area contributed by atoms with Crippen LogP contribution in [0.15, 0.2) is 65.9 Å². The van der Waals surface area contributed by atoms with Crippen molar-refractivity contribution in [2.45, 2.75) is 38.2 Å². The van der Waals surface area contributed by atoms with E-state index in [-0.39, 0.29) is 17.4 Å². The van der Waals surface area contributed by atoms with Crippen LogP contribution in [-0.4, -0.2) is 126 Å². The number of benzene rings is 2. The number of carbonyl (C=O) groups is 3. The van der Waals surface area contributed by atoms with Gasteiger partial charge in [0.1, 0.15) is 11.9 Å². The number of carboxylic acid groups (broad SMARTS) is 1. The molecule has 2 aromatic carbocycles. The normalized spacial score (nSPS) is 17.1. The fraction of sp³-hybridized carbons (Fsp3) is 0.475. The summed E-state index contributed by atoms with van der Waals surface area (Å²) in [5, 5.41) is 23.4. The molecule has 2 aliphatic heterocycles. The molecule has 0 bridgehead atoms. The van der Waals surface area contributed by atoms with Crippen molar-refractivity contribution in [2.24, 2.45) is 0 Å². The molecule has 2 heterocycles. The first-order valence-electron chi connectivity index (χ1n) is 18.5. The second-order valence-electron chi connectivity index (χ2n) is 13.9. The molecule has 1 unspecified atom stereocenters. The number of nitrogens with zero attached hydrogens (tertiary/aromatic N) is 3. The summed E-state index contributed by atoms with van der Waals surface area (Å²) in [6.07, 6.45) is 9.93. The van der Waals surface area contributed by atoms with Gasteiger partial charge >= 0.3 is 5.97 Å². The van der Waals surface area contributed by atoms with Gasteiger partial charge in [-0.3, -0.25) is 9.59 Å². The zero-order chi connectivity index (χ0) is 37.0. The molecule has 12 heteroatoms. The quantitative estimate of drug-likeness (QED) is 0.175. The highest BCUT2D eigenvalue weighted by molar-refractivity contribution is 6.03. The summed E-state index contributed by atoms with van der Waals surface area (Å²) >= 11 is 0. The lowest BCUT2D eigenvalue weighted by atomic mass is 9.83. The van der Waals surface area contributed by atoms with E-state index in [1.165, 1.54) is 6.07 Å². The van der Waals surface area contributed by atoms with Crippen molar-refractivity contribution in [2.75, 3.05) is 92.0 Å². The maximum Gasteiger partial charge on any atom is 0.336 e. The molecule has 1 atom stereocenters. The lowest BCUT2D eigenvalue weighted by Gasteiger charge is -2.33. The summed E-state index contributed by atoms with van der Waals surface area (Å²) < 4.78 is 6.49. The SMILES string of the molecule is CN(C)C1=CC2Oc3cc(N(C)C)ccc3C(c3ccc(C(=O)NCCCCCCNCCC(=O)N4CCNCCNCC4)cc3C(=O)O)=C2C=C1. The third kappa shape index (κ3) is 10.0. The van der Waals surface area contributed by atoms with Gasteiger partial charge in [0.05, 0.1) is 5.56 Å². The van der Waals surface area contributed by atoms with Crippen LogP contribution in [-0.2, 0) is 4.79 Å². The predicted octanol–water partition coefficient (Wildman–Crippen LogP) is 3.32. The number of amides is 2. The Morgan fingerprint density at radius 2 is 1.56 bits per heavy atom. The molecule has 1 saturated heterocycles. The van der Waals surface area contributed by atoms with E-state index in [1.807, 2.05) is 79.3 Å². The second-order valence-corrected chi connectivity index (χ2v) is 13.9. The largest absolute Gasteiger partial charge is 0.481 e. The topological polar surface area (TPSA) is 139 Å². The molecule has 0 aromatic heterocycles. The van der Waals surface area contributed by atoms with Gasteiger partial charge in [-0.2, -0.15) is 0 Å². The highest BCUT2D eigenvalue weighted by Crippen LogP contribution is 2.44. The minimum Gasteiger partial charge on any atom is -0.481 e. The number of rotatable bonds is 15. The van der Waals surface area contributed by atoms with E-state index in [1.54, 1.807) is 12.1 Å². The number of fused-ring (bicyclic) bond motifs is 2. The van der Waals surface area contributed by atoms with Gasteiger partial charge in [-0.25, -0.2) is 4.79 Å². The molecule has 280 valence electrons. The number of aromatic carboxylic acids is 1.